The van der Waals surface area contributed by atoms with Crippen molar-refractivity contribution in [3.8, 4) is 0 Å². The van der Waals surface area contributed by atoms with E-state index >= 15 is 0 Å². The molecule has 1 atom stereocenters. The topological polar surface area (TPSA) is 52.3 Å². The summed E-state index contributed by atoms with van der Waals surface area (Å²) in [6, 6.07) is 5.89. The third-order valence-corrected chi connectivity index (χ3v) is 2.72. The maximum absolute atomic E-state index is 11.6. The van der Waals surface area contributed by atoms with Gasteiger partial charge in [0, 0.05) is 6.04 Å². The summed E-state index contributed by atoms with van der Waals surface area (Å²) in [5.41, 5.74) is 8.82. The van der Waals surface area contributed by atoms with Crippen LogP contribution >= 0.6 is 0 Å². The zero-order valence-electron chi connectivity index (χ0n) is 8.82. The van der Waals surface area contributed by atoms with Crippen LogP contribution in [0.5, 0.6) is 0 Å². The Bertz CT molecular complexity index is 387. The molecule has 1 unspecified atom stereocenters. The number of ether oxygens (including phenoxy) is 1. The molecule has 2 rings (SSSR count). The molecule has 0 radical (unpaired) electrons. The summed E-state index contributed by atoms with van der Waals surface area (Å²) in [5.74, 6) is -0.233. The first-order valence-electron chi connectivity index (χ1n) is 5.25. The van der Waals surface area contributed by atoms with Crippen molar-refractivity contribution in [2.75, 3.05) is 6.61 Å². The molecular formula is C12H15NO2. The number of hydrogen-bond donors (Lipinski definition) is 1. The number of carbonyl (C=O) groups excluding carboxylic acids is 1. The molecule has 1 aliphatic carbocycles. The Morgan fingerprint density at radius 3 is 3.07 bits per heavy atom. The Balaban J connectivity index is 2.34. The van der Waals surface area contributed by atoms with Crippen LogP contribution in [0.1, 0.15) is 28.4 Å². The quantitative estimate of drug-likeness (QED) is 0.740. The molecule has 80 valence electrons. The minimum Gasteiger partial charge on any atom is -0.462 e. The molecular weight excluding hydrogens is 190 g/mol. The molecule has 3 heteroatoms. The number of nitrogens with two attached hydrogens (primary N) is 1. The first-order valence-corrected chi connectivity index (χ1v) is 5.25. The van der Waals surface area contributed by atoms with Gasteiger partial charge in [-0.25, -0.2) is 4.79 Å². The van der Waals surface area contributed by atoms with Gasteiger partial charge in [-0.3, -0.25) is 0 Å². The molecule has 0 spiro atoms. The van der Waals surface area contributed by atoms with E-state index in [9.17, 15) is 4.79 Å². The van der Waals surface area contributed by atoms with Gasteiger partial charge in [-0.15, -0.1) is 0 Å². The average molecular weight is 205 g/mol. The Morgan fingerprint density at radius 1 is 1.53 bits per heavy atom. The lowest BCUT2D eigenvalue weighted by atomic mass is 10.0. The fourth-order valence-electron chi connectivity index (χ4n) is 2.08. The van der Waals surface area contributed by atoms with Crippen molar-refractivity contribution in [3.63, 3.8) is 0 Å². The van der Waals surface area contributed by atoms with E-state index in [4.69, 9.17) is 10.5 Å². The van der Waals surface area contributed by atoms with E-state index < -0.39 is 0 Å². The Morgan fingerprint density at radius 2 is 2.33 bits per heavy atom. The van der Waals surface area contributed by atoms with E-state index in [1.165, 1.54) is 5.56 Å². The van der Waals surface area contributed by atoms with Crippen molar-refractivity contribution >= 4 is 5.97 Å². The van der Waals surface area contributed by atoms with Gasteiger partial charge in [-0.2, -0.15) is 0 Å². The summed E-state index contributed by atoms with van der Waals surface area (Å²) in [5, 5.41) is 0. The predicted molar refractivity (Wildman–Crippen MR) is 57.8 cm³/mol. The first kappa shape index (κ1) is 10.2. The highest BCUT2D eigenvalue weighted by Gasteiger charge is 2.23. The van der Waals surface area contributed by atoms with Crippen molar-refractivity contribution in [2.24, 2.45) is 5.73 Å². The second-order valence-electron chi connectivity index (χ2n) is 3.83. The van der Waals surface area contributed by atoms with Crippen LogP contribution in [0.3, 0.4) is 0 Å². The number of benzene rings is 1. The van der Waals surface area contributed by atoms with E-state index in [1.54, 1.807) is 0 Å². The number of carbonyl (C=O) groups is 1. The maximum atomic E-state index is 11.6. The smallest absolute Gasteiger partial charge is 0.338 e. The summed E-state index contributed by atoms with van der Waals surface area (Å²) in [7, 11) is 0. The van der Waals surface area contributed by atoms with Gasteiger partial charge in [0.2, 0.25) is 0 Å². The predicted octanol–water partition coefficient (Wildman–Crippen LogP) is 1.29. The minimum atomic E-state index is -0.233. The van der Waals surface area contributed by atoms with Crippen LogP contribution in [0.2, 0.25) is 0 Å². The molecule has 1 aliphatic rings. The van der Waals surface area contributed by atoms with Crippen LogP contribution in [-0.4, -0.2) is 18.6 Å². The summed E-state index contributed by atoms with van der Waals surface area (Å²) >= 11 is 0. The monoisotopic (exact) mass is 205 g/mol. The zero-order chi connectivity index (χ0) is 10.8. The van der Waals surface area contributed by atoms with Gasteiger partial charge in [-0.05, 0) is 37.0 Å². The fraction of sp³-hybridized carbons (Fsp3) is 0.417. The normalized spacial score (nSPS) is 18.7. The van der Waals surface area contributed by atoms with E-state index in [-0.39, 0.29) is 12.0 Å². The Labute approximate surface area is 89.2 Å². The molecule has 0 amide bonds. The largest absolute Gasteiger partial charge is 0.462 e. The van der Waals surface area contributed by atoms with E-state index in [0.717, 1.165) is 18.4 Å². The molecule has 0 aliphatic heterocycles. The fourth-order valence-corrected chi connectivity index (χ4v) is 2.08. The van der Waals surface area contributed by atoms with Crippen LogP contribution in [0.15, 0.2) is 18.2 Å². The lowest BCUT2D eigenvalue weighted by Crippen LogP contribution is -2.19. The highest BCUT2D eigenvalue weighted by atomic mass is 16.5. The Hall–Kier alpha value is -1.35. The summed E-state index contributed by atoms with van der Waals surface area (Å²) in [4.78, 5) is 11.6. The van der Waals surface area contributed by atoms with Crippen molar-refractivity contribution in [3.05, 3.63) is 34.9 Å². The number of fused-ring (bicyclic) bond motifs is 1. The molecule has 2 N–H and O–H groups in total. The second-order valence-corrected chi connectivity index (χ2v) is 3.83. The molecule has 1 aromatic rings. The zero-order valence-corrected chi connectivity index (χ0v) is 8.82. The summed E-state index contributed by atoms with van der Waals surface area (Å²) in [6.45, 7) is 2.22. The van der Waals surface area contributed by atoms with Gasteiger partial charge in [0.25, 0.3) is 0 Å². The lowest BCUT2D eigenvalue weighted by molar-refractivity contribution is 0.0525. The second kappa shape index (κ2) is 4.03. The van der Waals surface area contributed by atoms with Crippen molar-refractivity contribution in [1.82, 2.24) is 0 Å². The van der Waals surface area contributed by atoms with E-state index in [0.29, 0.717) is 12.2 Å². The molecule has 0 saturated heterocycles. The molecule has 0 aromatic heterocycles. The summed E-state index contributed by atoms with van der Waals surface area (Å²) < 4.78 is 5.01. The minimum absolute atomic E-state index is 0.149. The van der Waals surface area contributed by atoms with Crippen LogP contribution in [-0.2, 0) is 17.6 Å². The maximum Gasteiger partial charge on any atom is 0.338 e. The first-order chi connectivity index (χ1) is 7.22. The molecule has 0 fully saturated rings. The van der Waals surface area contributed by atoms with Crippen LogP contribution in [0, 0.1) is 0 Å². The van der Waals surface area contributed by atoms with Crippen molar-refractivity contribution in [2.45, 2.75) is 25.8 Å². The van der Waals surface area contributed by atoms with Gasteiger partial charge in [0.1, 0.15) is 0 Å². The van der Waals surface area contributed by atoms with Gasteiger partial charge >= 0.3 is 5.97 Å². The number of rotatable bonds is 2. The van der Waals surface area contributed by atoms with Gasteiger partial charge in [0.15, 0.2) is 0 Å². The molecule has 15 heavy (non-hydrogen) atoms. The molecule has 0 heterocycles. The lowest BCUT2D eigenvalue weighted by Gasteiger charge is -2.06. The van der Waals surface area contributed by atoms with Crippen molar-refractivity contribution < 1.29 is 9.53 Å². The van der Waals surface area contributed by atoms with Gasteiger partial charge in [-0.1, -0.05) is 12.1 Å². The molecule has 0 bridgehead atoms. The standard InChI is InChI=1S/C12H15NO2/c1-2-15-12(14)10-5-3-4-8-6-9(13)7-11(8)10/h3-5,9H,2,6-7,13H2,1H3. The number of hydrogen-bond acceptors (Lipinski definition) is 3. The van der Waals surface area contributed by atoms with E-state index in [2.05, 4.69) is 0 Å². The van der Waals surface area contributed by atoms with E-state index in [1.807, 2.05) is 25.1 Å². The highest BCUT2D eigenvalue weighted by Crippen LogP contribution is 2.25. The van der Waals surface area contributed by atoms with Crippen LogP contribution in [0.4, 0.5) is 0 Å². The molecule has 3 nitrogen and oxygen atoms in total. The van der Waals surface area contributed by atoms with Gasteiger partial charge in [0.05, 0.1) is 12.2 Å². The molecule has 1 aromatic carbocycles. The highest BCUT2D eigenvalue weighted by molar-refractivity contribution is 5.91. The third kappa shape index (κ3) is 1.88. The van der Waals surface area contributed by atoms with Crippen molar-refractivity contribution in [1.29, 1.82) is 0 Å². The van der Waals surface area contributed by atoms with Gasteiger partial charge < -0.3 is 10.5 Å². The summed E-state index contributed by atoms with van der Waals surface area (Å²) in [6.07, 6.45) is 1.65. The SMILES string of the molecule is CCOC(=O)c1cccc2c1CC(N)C2. The van der Waals surface area contributed by atoms with Crippen LogP contribution < -0.4 is 5.73 Å². The Kier molecular flexibility index (Phi) is 2.73. The number of esters is 1. The molecule has 0 saturated carbocycles. The van der Waals surface area contributed by atoms with Crippen LogP contribution in [0.25, 0.3) is 0 Å². The average Bonchev–Trinajstić information content (AvgIpc) is 2.57. The third-order valence-electron chi connectivity index (χ3n) is 2.72.